The van der Waals surface area contributed by atoms with E-state index in [1.54, 1.807) is 6.07 Å². The van der Waals surface area contributed by atoms with Crippen molar-refractivity contribution in [3.05, 3.63) is 71.9 Å². The number of nitrogens with zero attached hydrogens (tertiary/aromatic N) is 1. The summed E-state index contributed by atoms with van der Waals surface area (Å²) in [6, 6.07) is 11.5. The van der Waals surface area contributed by atoms with Crippen LogP contribution in [0.5, 0.6) is 5.75 Å². The third-order valence-corrected chi connectivity index (χ3v) is 3.75. The van der Waals surface area contributed by atoms with Crippen molar-refractivity contribution in [3.63, 3.8) is 0 Å². The van der Waals surface area contributed by atoms with Gasteiger partial charge in [0.05, 0.1) is 12.8 Å². The van der Waals surface area contributed by atoms with E-state index in [1.807, 2.05) is 0 Å². The molecule has 0 aliphatic carbocycles. The molecule has 5 nitrogen and oxygen atoms in total. The number of carboxylic acids is 1. The Balaban J connectivity index is 1.96. The molecule has 0 aliphatic heterocycles. The largest absolute Gasteiger partial charge is 0.494 e. The van der Waals surface area contributed by atoms with Gasteiger partial charge in [-0.1, -0.05) is 18.2 Å². The van der Waals surface area contributed by atoms with Gasteiger partial charge < -0.3 is 15.2 Å². The summed E-state index contributed by atoms with van der Waals surface area (Å²) >= 11 is 0. The molecule has 0 atom stereocenters. The third-order valence-electron chi connectivity index (χ3n) is 3.75. The zero-order valence-electron chi connectivity index (χ0n) is 13.7. The van der Waals surface area contributed by atoms with E-state index in [4.69, 9.17) is 9.84 Å². The summed E-state index contributed by atoms with van der Waals surface area (Å²) in [5.41, 5.74) is 0.455. The number of hydrogen-bond acceptors (Lipinski definition) is 4. The Bertz CT molecular complexity index is 977. The number of carbonyl (C=O) groups is 1. The summed E-state index contributed by atoms with van der Waals surface area (Å²) in [5.74, 6) is -2.38. The van der Waals surface area contributed by atoms with Crippen LogP contribution >= 0.6 is 0 Å². The van der Waals surface area contributed by atoms with Crippen LogP contribution < -0.4 is 10.1 Å². The number of nitrogens with one attached hydrogen (secondary N) is 1. The fourth-order valence-electron chi connectivity index (χ4n) is 2.48. The highest BCUT2D eigenvalue weighted by Gasteiger charge is 2.15. The van der Waals surface area contributed by atoms with E-state index < -0.39 is 17.6 Å². The summed E-state index contributed by atoms with van der Waals surface area (Å²) in [7, 11) is 1.35. The molecule has 0 bridgehead atoms. The minimum absolute atomic E-state index is 0.0132. The van der Waals surface area contributed by atoms with Crippen LogP contribution in [0.1, 0.15) is 10.4 Å². The first-order valence-electron chi connectivity index (χ1n) is 7.59. The Morgan fingerprint density at radius 3 is 2.65 bits per heavy atom. The lowest BCUT2D eigenvalue weighted by atomic mass is 10.0. The van der Waals surface area contributed by atoms with Gasteiger partial charge in [-0.25, -0.2) is 18.6 Å². The normalized spacial score (nSPS) is 10.4. The van der Waals surface area contributed by atoms with Gasteiger partial charge in [0, 0.05) is 11.8 Å². The van der Waals surface area contributed by atoms with E-state index in [9.17, 15) is 13.6 Å². The molecule has 3 rings (SSSR count). The van der Waals surface area contributed by atoms with Crippen molar-refractivity contribution in [2.45, 2.75) is 0 Å². The molecule has 3 aromatic rings. The van der Waals surface area contributed by atoms with Crippen molar-refractivity contribution in [3.8, 4) is 16.9 Å². The molecule has 0 unspecified atom stereocenters. The molecule has 0 amide bonds. The van der Waals surface area contributed by atoms with Gasteiger partial charge >= 0.3 is 5.97 Å². The van der Waals surface area contributed by atoms with Gasteiger partial charge in [-0.05, 0) is 35.9 Å². The van der Waals surface area contributed by atoms with Gasteiger partial charge in [0.15, 0.2) is 11.6 Å². The number of halogens is 2. The van der Waals surface area contributed by atoms with Gasteiger partial charge in [-0.15, -0.1) is 0 Å². The molecule has 7 heteroatoms. The second-order valence-electron chi connectivity index (χ2n) is 5.35. The molecule has 1 heterocycles. The number of aromatic carboxylic acids is 1. The Kier molecular flexibility index (Phi) is 4.79. The maximum absolute atomic E-state index is 14.5. The molecule has 26 heavy (non-hydrogen) atoms. The zero-order chi connectivity index (χ0) is 18.7. The number of carboxylic acid groups (broad SMARTS) is 1. The molecular weight excluding hydrogens is 342 g/mol. The third kappa shape index (κ3) is 3.32. The van der Waals surface area contributed by atoms with Gasteiger partial charge in [0.2, 0.25) is 0 Å². The molecule has 2 aromatic carbocycles. The number of aromatic nitrogens is 1. The van der Waals surface area contributed by atoms with Crippen molar-refractivity contribution in [2.24, 2.45) is 0 Å². The zero-order valence-corrected chi connectivity index (χ0v) is 13.7. The summed E-state index contributed by atoms with van der Waals surface area (Å²) in [6.07, 6.45) is 1.40. The van der Waals surface area contributed by atoms with Crippen LogP contribution in [0.3, 0.4) is 0 Å². The van der Waals surface area contributed by atoms with Crippen LogP contribution in [-0.2, 0) is 0 Å². The standard InChI is InChI=1S/C19H14F2N2O3/c1-26-16-6-2-4-12(17(16)21)11-7-8-15(14(20)10-11)23-18-13(19(24)25)5-3-9-22-18/h2-10H,1H3,(H,22,23)(H,24,25). The first-order valence-corrected chi connectivity index (χ1v) is 7.59. The predicted octanol–water partition coefficient (Wildman–Crippen LogP) is 4.48. The van der Waals surface area contributed by atoms with Crippen LogP contribution in [0.4, 0.5) is 20.3 Å². The lowest BCUT2D eigenvalue weighted by Gasteiger charge is -2.11. The molecule has 1 aromatic heterocycles. The molecule has 132 valence electrons. The van der Waals surface area contributed by atoms with Crippen LogP contribution in [0.25, 0.3) is 11.1 Å². The Labute approximate surface area is 147 Å². The Morgan fingerprint density at radius 1 is 1.15 bits per heavy atom. The summed E-state index contributed by atoms with van der Waals surface area (Å²) in [5, 5.41) is 11.8. The van der Waals surface area contributed by atoms with Crippen molar-refractivity contribution in [1.29, 1.82) is 0 Å². The second kappa shape index (κ2) is 7.18. The topological polar surface area (TPSA) is 71.5 Å². The maximum Gasteiger partial charge on any atom is 0.339 e. The molecule has 2 N–H and O–H groups in total. The lowest BCUT2D eigenvalue weighted by Crippen LogP contribution is -2.05. The number of rotatable bonds is 5. The van der Waals surface area contributed by atoms with Crippen molar-refractivity contribution < 1.29 is 23.4 Å². The minimum atomic E-state index is -1.18. The molecule has 0 spiro atoms. The Hall–Kier alpha value is -3.48. The number of benzene rings is 2. The lowest BCUT2D eigenvalue weighted by molar-refractivity contribution is 0.0697. The average molecular weight is 356 g/mol. The van der Waals surface area contributed by atoms with E-state index in [1.165, 1.54) is 49.7 Å². The van der Waals surface area contributed by atoms with E-state index in [2.05, 4.69) is 10.3 Å². The molecule has 0 fully saturated rings. The molecule has 0 aliphatic rings. The van der Waals surface area contributed by atoms with Gasteiger partial charge in [-0.3, -0.25) is 0 Å². The molecule has 0 saturated heterocycles. The number of pyridine rings is 1. The summed E-state index contributed by atoms with van der Waals surface area (Å²) < 4.78 is 33.7. The van der Waals surface area contributed by atoms with Gasteiger partial charge in [0.25, 0.3) is 0 Å². The first-order chi connectivity index (χ1) is 12.5. The number of methoxy groups -OCH3 is 1. The van der Waals surface area contributed by atoms with Crippen molar-refractivity contribution >= 4 is 17.5 Å². The average Bonchev–Trinajstić information content (AvgIpc) is 2.64. The second-order valence-corrected chi connectivity index (χ2v) is 5.35. The number of ether oxygens (including phenoxy) is 1. The van der Waals surface area contributed by atoms with Gasteiger partial charge in [-0.2, -0.15) is 0 Å². The number of hydrogen-bond donors (Lipinski definition) is 2. The molecule has 0 saturated carbocycles. The monoisotopic (exact) mass is 356 g/mol. The highest BCUT2D eigenvalue weighted by atomic mass is 19.1. The summed E-state index contributed by atoms with van der Waals surface area (Å²) in [6.45, 7) is 0. The highest BCUT2D eigenvalue weighted by molar-refractivity contribution is 5.94. The van der Waals surface area contributed by atoms with Gasteiger partial charge in [0.1, 0.15) is 17.2 Å². The maximum atomic E-state index is 14.5. The van der Waals surface area contributed by atoms with E-state index >= 15 is 0 Å². The van der Waals surface area contributed by atoms with Crippen molar-refractivity contribution in [1.82, 2.24) is 4.98 Å². The van der Waals surface area contributed by atoms with E-state index in [0.29, 0.717) is 5.56 Å². The van der Waals surface area contributed by atoms with Crippen LogP contribution in [0.2, 0.25) is 0 Å². The van der Waals surface area contributed by atoms with Crippen molar-refractivity contribution in [2.75, 3.05) is 12.4 Å². The van der Waals surface area contributed by atoms with Crippen LogP contribution in [0.15, 0.2) is 54.7 Å². The van der Waals surface area contributed by atoms with Crippen LogP contribution in [-0.4, -0.2) is 23.2 Å². The molecular formula is C19H14F2N2O3. The minimum Gasteiger partial charge on any atom is -0.494 e. The Morgan fingerprint density at radius 2 is 1.96 bits per heavy atom. The summed E-state index contributed by atoms with van der Waals surface area (Å²) in [4.78, 5) is 15.1. The van der Waals surface area contributed by atoms with Crippen LogP contribution in [0, 0.1) is 11.6 Å². The van der Waals surface area contributed by atoms with E-state index in [-0.39, 0.29) is 28.4 Å². The highest BCUT2D eigenvalue weighted by Crippen LogP contribution is 2.31. The fraction of sp³-hybridized carbons (Fsp3) is 0.0526. The molecule has 0 radical (unpaired) electrons. The SMILES string of the molecule is COc1cccc(-c2ccc(Nc3ncccc3C(=O)O)c(F)c2)c1F. The van der Waals surface area contributed by atoms with E-state index in [0.717, 1.165) is 6.07 Å². The smallest absolute Gasteiger partial charge is 0.339 e. The quantitative estimate of drug-likeness (QED) is 0.705. The first kappa shape index (κ1) is 17.3. The predicted molar refractivity (Wildman–Crippen MR) is 92.8 cm³/mol. The number of anilines is 2. The fourth-order valence-corrected chi connectivity index (χ4v) is 2.48.